The molecule has 2 amide bonds. The van der Waals surface area contributed by atoms with Gasteiger partial charge in [0.25, 0.3) is 0 Å². The van der Waals surface area contributed by atoms with Crippen molar-refractivity contribution >= 4 is 55.8 Å². The van der Waals surface area contributed by atoms with Gasteiger partial charge in [0.15, 0.2) is 5.76 Å². The molecule has 0 unspecified atom stereocenters. The maximum absolute atomic E-state index is 12.7. The van der Waals surface area contributed by atoms with E-state index in [4.69, 9.17) is 9.15 Å². The van der Waals surface area contributed by atoms with Crippen molar-refractivity contribution in [1.82, 2.24) is 14.9 Å². The summed E-state index contributed by atoms with van der Waals surface area (Å²) < 4.78 is 13.7. The Balaban J connectivity index is 1.32. The van der Waals surface area contributed by atoms with E-state index in [1.165, 1.54) is 0 Å². The van der Waals surface area contributed by atoms with Gasteiger partial charge in [-0.05, 0) is 30.3 Å². The minimum atomic E-state index is -0.440. The van der Waals surface area contributed by atoms with Gasteiger partial charge in [0.2, 0.25) is 5.91 Å². The Morgan fingerprint density at radius 3 is 2.79 bits per heavy atom. The second-order valence-electron chi connectivity index (χ2n) is 7.71. The molecule has 0 atom stereocenters. The number of carbonyl (C=O) groups excluding carboxylic acids is 2. The first-order chi connectivity index (χ1) is 16.1. The maximum Gasteiger partial charge on any atom is 0.307 e. The molecule has 2 aromatic carbocycles. The van der Waals surface area contributed by atoms with Crippen LogP contribution in [0.25, 0.3) is 21.9 Å². The molecule has 0 aliphatic carbocycles. The van der Waals surface area contributed by atoms with Gasteiger partial charge in [-0.15, -0.1) is 0 Å². The number of furan rings is 1. The number of nitrogens with zero attached hydrogens (tertiary/aromatic N) is 3. The average Bonchev–Trinajstić information content (AvgIpc) is 3.41. The summed E-state index contributed by atoms with van der Waals surface area (Å²) in [4.78, 5) is 27.0. The third-order valence-corrected chi connectivity index (χ3v) is 6.05. The quantitative estimate of drug-likeness (QED) is 0.328. The first-order valence-electron chi connectivity index (χ1n) is 10.5. The van der Waals surface area contributed by atoms with Crippen LogP contribution in [0.4, 0.5) is 0 Å². The van der Waals surface area contributed by atoms with E-state index in [-0.39, 0.29) is 18.2 Å². The van der Waals surface area contributed by atoms with E-state index in [0.29, 0.717) is 31.9 Å². The van der Waals surface area contributed by atoms with Gasteiger partial charge in [0.05, 0.1) is 19.4 Å². The van der Waals surface area contributed by atoms with Gasteiger partial charge >= 0.3 is 5.91 Å². The molecule has 33 heavy (non-hydrogen) atoms. The molecule has 3 heterocycles. The summed E-state index contributed by atoms with van der Waals surface area (Å²) in [6.45, 7) is 2.58. The number of para-hydroxylation sites is 1. The molecular weight excluding hydrogens is 488 g/mol. The Hall–Kier alpha value is -3.43. The van der Waals surface area contributed by atoms with Gasteiger partial charge in [-0.3, -0.25) is 9.59 Å². The lowest BCUT2D eigenvalue weighted by atomic mass is 10.2. The first kappa shape index (κ1) is 21.4. The number of ether oxygens (including phenoxy) is 1. The highest BCUT2D eigenvalue weighted by Crippen LogP contribution is 2.23. The lowest BCUT2D eigenvalue weighted by molar-refractivity contribution is -0.135. The number of amides is 2. The van der Waals surface area contributed by atoms with Gasteiger partial charge in [-0.2, -0.15) is 5.10 Å². The summed E-state index contributed by atoms with van der Waals surface area (Å²) in [5.41, 5.74) is 4.87. The lowest BCUT2D eigenvalue weighted by Gasteiger charge is -2.27. The van der Waals surface area contributed by atoms with Gasteiger partial charge in [-0.25, -0.2) is 5.43 Å². The summed E-state index contributed by atoms with van der Waals surface area (Å²) in [5.74, 6) is -0.212. The number of aromatic nitrogens is 1. The molecular formula is C24H21BrN4O4. The molecule has 9 heteroatoms. The highest BCUT2D eigenvalue weighted by Gasteiger charge is 2.18. The van der Waals surface area contributed by atoms with Gasteiger partial charge < -0.3 is 18.6 Å². The third-order valence-electron chi connectivity index (χ3n) is 5.56. The fraction of sp³-hybridized carbons (Fsp3) is 0.208. The number of benzene rings is 2. The predicted molar refractivity (Wildman–Crippen MR) is 128 cm³/mol. The number of hydrogen-bond acceptors (Lipinski definition) is 5. The second kappa shape index (κ2) is 9.21. The van der Waals surface area contributed by atoms with Crippen LogP contribution in [-0.4, -0.2) is 53.8 Å². The largest absolute Gasteiger partial charge is 0.451 e. The van der Waals surface area contributed by atoms with Gasteiger partial charge in [0.1, 0.15) is 12.1 Å². The Morgan fingerprint density at radius 2 is 1.94 bits per heavy atom. The van der Waals surface area contributed by atoms with Crippen molar-refractivity contribution in [3.8, 4) is 0 Å². The van der Waals surface area contributed by atoms with Crippen LogP contribution in [-0.2, 0) is 16.1 Å². The number of rotatable bonds is 5. The van der Waals surface area contributed by atoms with Crippen molar-refractivity contribution in [1.29, 1.82) is 0 Å². The Morgan fingerprint density at radius 1 is 1.12 bits per heavy atom. The molecule has 0 spiro atoms. The molecule has 1 fully saturated rings. The Bertz CT molecular complexity index is 1370. The molecule has 168 valence electrons. The van der Waals surface area contributed by atoms with Gasteiger partial charge in [0, 0.05) is 45.6 Å². The van der Waals surface area contributed by atoms with Crippen molar-refractivity contribution < 1.29 is 18.7 Å². The van der Waals surface area contributed by atoms with Crippen molar-refractivity contribution in [2.45, 2.75) is 6.54 Å². The number of halogens is 1. The summed E-state index contributed by atoms with van der Waals surface area (Å²) in [6, 6.07) is 15.0. The van der Waals surface area contributed by atoms with Crippen LogP contribution >= 0.6 is 15.9 Å². The predicted octanol–water partition coefficient (Wildman–Crippen LogP) is 3.77. The van der Waals surface area contributed by atoms with Crippen LogP contribution in [0.15, 0.2) is 68.7 Å². The summed E-state index contributed by atoms with van der Waals surface area (Å²) in [5, 5.41) is 5.89. The minimum Gasteiger partial charge on any atom is -0.451 e. The number of carbonyl (C=O) groups is 2. The van der Waals surface area contributed by atoms with E-state index in [0.717, 1.165) is 26.3 Å². The molecule has 0 saturated carbocycles. The van der Waals surface area contributed by atoms with Crippen LogP contribution in [0.2, 0.25) is 0 Å². The zero-order chi connectivity index (χ0) is 22.8. The summed E-state index contributed by atoms with van der Waals surface area (Å²) in [7, 11) is 0. The Kier molecular flexibility index (Phi) is 5.97. The SMILES string of the molecule is O=C(N/N=C/c1cn(CC(=O)N2CCOCC2)c2ccccc12)c1cc2cc(Br)ccc2o1. The zero-order valence-corrected chi connectivity index (χ0v) is 19.2. The topological polar surface area (TPSA) is 89.1 Å². The van der Waals surface area contributed by atoms with Crippen LogP contribution in [0.5, 0.6) is 0 Å². The Labute approximate surface area is 197 Å². The van der Waals surface area contributed by atoms with Gasteiger partial charge in [-0.1, -0.05) is 34.1 Å². The van der Waals surface area contributed by atoms with Crippen molar-refractivity contribution in [3.63, 3.8) is 0 Å². The van der Waals surface area contributed by atoms with Crippen molar-refractivity contribution in [2.24, 2.45) is 5.10 Å². The fourth-order valence-corrected chi connectivity index (χ4v) is 4.29. The van der Waals surface area contributed by atoms with Crippen LogP contribution in [0.1, 0.15) is 16.1 Å². The smallest absolute Gasteiger partial charge is 0.307 e. The molecule has 8 nitrogen and oxygen atoms in total. The highest BCUT2D eigenvalue weighted by atomic mass is 79.9. The molecule has 4 aromatic rings. The molecule has 1 saturated heterocycles. The van der Waals surface area contributed by atoms with E-state index < -0.39 is 5.91 Å². The van der Waals surface area contributed by atoms with Crippen molar-refractivity contribution in [2.75, 3.05) is 26.3 Å². The highest BCUT2D eigenvalue weighted by molar-refractivity contribution is 9.10. The standard InChI is InChI=1S/C24H21BrN4O4/c25-18-5-6-21-16(11-18)12-22(33-21)24(31)27-26-13-17-14-29(20-4-2-1-3-19(17)20)15-23(30)28-7-9-32-10-8-28/h1-6,11-14H,7-10,15H2,(H,27,31)/b26-13+. The molecule has 1 aliphatic heterocycles. The molecule has 5 rings (SSSR count). The molecule has 1 N–H and O–H groups in total. The number of fused-ring (bicyclic) bond motifs is 2. The van der Waals surface area contributed by atoms with Crippen LogP contribution in [0.3, 0.4) is 0 Å². The van der Waals surface area contributed by atoms with E-state index in [9.17, 15) is 9.59 Å². The van der Waals surface area contributed by atoms with E-state index in [2.05, 4.69) is 26.5 Å². The van der Waals surface area contributed by atoms with E-state index >= 15 is 0 Å². The van der Waals surface area contributed by atoms with Crippen LogP contribution in [0, 0.1) is 0 Å². The van der Waals surface area contributed by atoms with E-state index in [1.807, 2.05) is 52.1 Å². The molecule has 0 bridgehead atoms. The number of hydrazone groups is 1. The summed E-state index contributed by atoms with van der Waals surface area (Å²) in [6.07, 6.45) is 3.45. The lowest BCUT2D eigenvalue weighted by Crippen LogP contribution is -2.42. The fourth-order valence-electron chi connectivity index (χ4n) is 3.91. The normalized spacial score (nSPS) is 14.4. The van der Waals surface area contributed by atoms with Crippen molar-refractivity contribution in [3.05, 3.63) is 70.5 Å². The number of morpholine rings is 1. The van der Waals surface area contributed by atoms with E-state index in [1.54, 1.807) is 18.3 Å². The third kappa shape index (κ3) is 4.55. The minimum absolute atomic E-state index is 0.0485. The summed E-state index contributed by atoms with van der Waals surface area (Å²) >= 11 is 3.41. The maximum atomic E-state index is 12.7. The monoisotopic (exact) mass is 508 g/mol. The number of nitrogens with one attached hydrogen (secondary N) is 1. The zero-order valence-electron chi connectivity index (χ0n) is 17.7. The molecule has 1 aliphatic rings. The first-order valence-corrected chi connectivity index (χ1v) is 11.3. The second-order valence-corrected chi connectivity index (χ2v) is 8.63. The molecule has 0 radical (unpaired) electrons. The number of hydrogen-bond donors (Lipinski definition) is 1. The average molecular weight is 509 g/mol. The van der Waals surface area contributed by atoms with Crippen LogP contribution < -0.4 is 5.43 Å². The molecule has 2 aromatic heterocycles.